The first-order valence-electron chi connectivity index (χ1n) is 6.89. The van der Waals surface area contributed by atoms with Crippen LogP contribution in [0.25, 0.3) is 0 Å². The zero-order valence-corrected chi connectivity index (χ0v) is 10.7. The van der Waals surface area contributed by atoms with Crippen molar-refractivity contribution < 1.29 is 4.39 Å². The molecule has 0 N–H and O–H groups in total. The molecule has 1 aromatic carbocycles. The van der Waals surface area contributed by atoms with E-state index < -0.39 is 0 Å². The Hall–Kier alpha value is -0.850. The highest BCUT2D eigenvalue weighted by molar-refractivity contribution is 5.27. The minimum absolute atomic E-state index is 0.00366. The summed E-state index contributed by atoms with van der Waals surface area (Å²) in [5, 5.41) is 0. The molecule has 2 aliphatic rings. The summed E-state index contributed by atoms with van der Waals surface area (Å²) in [6.07, 6.45) is 5.14. The number of fused-ring (bicyclic) bond motifs is 1. The Labute approximate surface area is 103 Å². The molecule has 1 aromatic rings. The van der Waals surface area contributed by atoms with Crippen molar-refractivity contribution in [2.75, 3.05) is 0 Å². The monoisotopic (exact) mass is 232 g/mol. The smallest absolute Gasteiger partial charge is 0.126 e. The summed E-state index contributed by atoms with van der Waals surface area (Å²) in [7, 11) is 0. The largest absolute Gasteiger partial charge is 0.207 e. The van der Waals surface area contributed by atoms with E-state index in [2.05, 4.69) is 13.8 Å². The molecule has 0 radical (unpaired) electrons. The second-order valence-electron chi connectivity index (χ2n) is 6.22. The van der Waals surface area contributed by atoms with Crippen molar-refractivity contribution >= 4 is 0 Å². The molecule has 0 nitrogen and oxygen atoms in total. The van der Waals surface area contributed by atoms with Gasteiger partial charge in [-0.3, -0.25) is 0 Å². The molecule has 0 bridgehead atoms. The number of hydrogen-bond acceptors (Lipinski definition) is 0. The van der Waals surface area contributed by atoms with Gasteiger partial charge in [-0.05, 0) is 54.1 Å². The Morgan fingerprint density at radius 1 is 1.29 bits per heavy atom. The Morgan fingerprint density at radius 3 is 2.76 bits per heavy atom. The fourth-order valence-corrected chi connectivity index (χ4v) is 4.13. The molecule has 92 valence electrons. The van der Waals surface area contributed by atoms with Crippen molar-refractivity contribution in [2.24, 2.45) is 17.3 Å². The fraction of sp³-hybridized carbons (Fsp3) is 0.625. The standard InChI is InChI=1S/C16H21F/c1-11(2)16-9-5-7-12(14(16)10-16)13-6-3-4-8-15(13)17/h3-4,6,8,11-12,14H,5,7,9-10H2,1-2H3/t12-,14?,16?/m1/s1. The summed E-state index contributed by atoms with van der Waals surface area (Å²) in [5.74, 6) is 1.98. The van der Waals surface area contributed by atoms with Gasteiger partial charge in [-0.1, -0.05) is 38.5 Å². The van der Waals surface area contributed by atoms with Gasteiger partial charge in [0.15, 0.2) is 0 Å². The lowest BCUT2D eigenvalue weighted by Gasteiger charge is -2.31. The molecule has 17 heavy (non-hydrogen) atoms. The molecule has 0 aromatic heterocycles. The van der Waals surface area contributed by atoms with Crippen LogP contribution in [0, 0.1) is 23.1 Å². The van der Waals surface area contributed by atoms with Gasteiger partial charge in [0.25, 0.3) is 0 Å². The van der Waals surface area contributed by atoms with Crippen molar-refractivity contribution in [3.63, 3.8) is 0 Å². The third-order valence-corrected chi connectivity index (χ3v) is 5.28. The van der Waals surface area contributed by atoms with E-state index in [-0.39, 0.29) is 5.82 Å². The maximum absolute atomic E-state index is 13.9. The van der Waals surface area contributed by atoms with Crippen LogP contribution in [0.3, 0.4) is 0 Å². The topological polar surface area (TPSA) is 0 Å². The molecule has 0 spiro atoms. The highest BCUT2D eigenvalue weighted by Crippen LogP contribution is 2.69. The summed E-state index contributed by atoms with van der Waals surface area (Å²) < 4.78 is 13.9. The van der Waals surface area contributed by atoms with Gasteiger partial charge in [0, 0.05) is 0 Å². The van der Waals surface area contributed by atoms with Crippen LogP contribution < -0.4 is 0 Å². The number of halogens is 1. The van der Waals surface area contributed by atoms with Crippen LogP contribution in [0.5, 0.6) is 0 Å². The zero-order valence-electron chi connectivity index (χ0n) is 10.7. The third-order valence-electron chi connectivity index (χ3n) is 5.28. The van der Waals surface area contributed by atoms with Crippen LogP contribution in [-0.2, 0) is 0 Å². The average molecular weight is 232 g/mol. The van der Waals surface area contributed by atoms with Crippen LogP contribution in [0.2, 0.25) is 0 Å². The van der Waals surface area contributed by atoms with Crippen molar-refractivity contribution in [2.45, 2.75) is 45.4 Å². The van der Waals surface area contributed by atoms with Crippen LogP contribution in [0.1, 0.15) is 51.0 Å². The van der Waals surface area contributed by atoms with E-state index in [1.165, 1.54) is 25.7 Å². The van der Waals surface area contributed by atoms with Crippen molar-refractivity contribution in [1.82, 2.24) is 0 Å². The van der Waals surface area contributed by atoms with Gasteiger partial charge < -0.3 is 0 Å². The van der Waals surface area contributed by atoms with Gasteiger partial charge in [-0.2, -0.15) is 0 Å². The summed E-state index contributed by atoms with van der Waals surface area (Å²) in [6, 6.07) is 7.38. The van der Waals surface area contributed by atoms with Crippen LogP contribution in [-0.4, -0.2) is 0 Å². The molecule has 0 heterocycles. The summed E-state index contributed by atoms with van der Waals surface area (Å²) in [4.78, 5) is 0. The molecule has 2 fully saturated rings. The van der Waals surface area contributed by atoms with Crippen LogP contribution >= 0.6 is 0 Å². The van der Waals surface area contributed by atoms with Crippen LogP contribution in [0.15, 0.2) is 24.3 Å². The normalized spacial score (nSPS) is 35.8. The van der Waals surface area contributed by atoms with Crippen molar-refractivity contribution in [3.05, 3.63) is 35.6 Å². The Morgan fingerprint density at radius 2 is 2.06 bits per heavy atom. The Bertz CT molecular complexity index is 423. The molecule has 3 rings (SSSR count). The van der Waals surface area contributed by atoms with E-state index in [0.29, 0.717) is 11.3 Å². The first-order chi connectivity index (χ1) is 8.15. The lowest BCUT2D eigenvalue weighted by atomic mass is 9.73. The quantitative estimate of drug-likeness (QED) is 0.690. The fourth-order valence-electron chi connectivity index (χ4n) is 4.13. The number of hydrogen-bond donors (Lipinski definition) is 0. The molecule has 2 unspecified atom stereocenters. The maximum Gasteiger partial charge on any atom is 0.126 e. The number of benzene rings is 1. The lowest BCUT2D eigenvalue weighted by Crippen LogP contribution is -2.21. The van der Waals surface area contributed by atoms with E-state index in [4.69, 9.17) is 0 Å². The molecule has 1 heteroatoms. The molecule has 2 saturated carbocycles. The molecule has 0 amide bonds. The van der Waals surface area contributed by atoms with Crippen molar-refractivity contribution in [1.29, 1.82) is 0 Å². The third kappa shape index (κ3) is 1.63. The predicted octanol–water partition coefficient (Wildman–Crippen LogP) is 4.76. The van der Waals surface area contributed by atoms with Crippen LogP contribution in [0.4, 0.5) is 4.39 Å². The second-order valence-corrected chi connectivity index (χ2v) is 6.22. The van der Waals surface area contributed by atoms with E-state index >= 15 is 0 Å². The maximum atomic E-state index is 13.9. The summed E-state index contributed by atoms with van der Waals surface area (Å²) >= 11 is 0. The van der Waals surface area contributed by atoms with E-state index in [0.717, 1.165) is 17.4 Å². The van der Waals surface area contributed by atoms with Gasteiger partial charge in [0.1, 0.15) is 5.82 Å². The zero-order chi connectivity index (χ0) is 12.0. The van der Waals surface area contributed by atoms with Gasteiger partial charge in [-0.15, -0.1) is 0 Å². The molecule has 2 aliphatic carbocycles. The van der Waals surface area contributed by atoms with Gasteiger partial charge in [0.2, 0.25) is 0 Å². The van der Waals surface area contributed by atoms with Gasteiger partial charge in [-0.25, -0.2) is 4.39 Å². The van der Waals surface area contributed by atoms with Crippen molar-refractivity contribution in [3.8, 4) is 0 Å². The Balaban J connectivity index is 1.89. The van der Waals surface area contributed by atoms with E-state index in [1.54, 1.807) is 12.1 Å². The molecular formula is C16H21F. The predicted molar refractivity (Wildman–Crippen MR) is 68.4 cm³/mol. The van der Waals surface area contributed by atoms with Gasteiger partial charge in [0.05, 0.1) is 0 Å². The van der Waals surface area contributed by atoms with E-state index in [1.807, 2.05) is 12.1 Å². The van der Waals surface area contributed by atoms with E-state index in [9.17, 15) is 4.39 Å². The summed E-state index contributed by atoms with van der Waals surface area (Å²) in [6.45, 7) is 4.67. The molecule has 0 aliphatic heterocycles. The molecule has 3 atom stereocenters. The minimum Gasteiger partial charge on any atom is -0.207 e. The highest BCUT2D eigenvalue weighted by atomic mass is 19.1. The first-order valence-corrected chi connectivity index (χ1v) is 6.89. The highest BCUT2D eigenvalue weighted by Gasteiger charge is 2.60. The molecular weight excluding hydrogens is 211 g/mol. The first kappa shape index (κ1) is 11.3. The SMILES string of the molecule is CC(C)C12CCC[C@H](c3ccccc3F)C1C2. The summed E-state index contributed by atoms with van der Waals surface area (Å²) in [5.41, 5.74) is 1.52. The van der Waals surface area contributed by atoms with Gasteiger partial charge >= 0.3 is 0 Å². The number of rotatable bonds is 2. The molecule has 0 saturated heterocycles. The minimum atomic E-state index is 0.00366. The second kappa shape index (κ2) is 3.83. The Kier molecular flexibility index (Phi) is 2.53. The lowest BCUT2D eigenvalue weighted by molar-refractivity contribution is 0.231. The average Bonchev–Trinajstić information content (AvgIpc) is 3.05.